The first-order chi connectivity index (χ1) is 7.63. The Bertz CT molecular complexity index is 327. The molecule has 5 nitrogen and oxygen atoms in total. The van der Waals surface area contributed by atoms with Crippen LogP contribution in [0.15, 0.2) is 4.42 Å². The third kappa shape index (κ3) is 4.02. The minimum atomic E-state index is 0.00171. The lowest BCUT2D eigenvalue weighted by Crippen LogP contribution is -2.33. The summed E-state index contributed by atoms with van der Waals surface area (Å²) in [5, 5.41) is 5.77. The smallest absolute Gasteiger partial charge is 0.233 e. The van der Waals surface area contributed by atoms with Gasteiger partial charge in [0.05, 0.1) is 18.8 Å². The Morgan fingerprint density at radius 2 is 2.19 bits per heavy atom. The monoisotopic (exact) mass is 225 g/mol. The number of carbonyl (C=O) groups excluding carboxylic acids is 1. The van der Waals surface area contributed by atoms with Gasteiger partial charge in [-0.2, -0.15) is 0 Å². The van der Waals surface area contributed by atoms with Gasteiger partial charge in [0, 0.05) is 6.54 Å². The molecule has 0 saturated heterocycles. The quantitative estimate of drug-likeness (QED) is 0.755. The Balaban J connectivity index is 2.22. The molecule has 1 amide bonds. The number of nitrogens with zero attached hydrogens (tertiary/aromatic N) is 1. The summed E-state index contributed by atoms with van der Waals surface area (Å²) in [5.41, 5.74) is 0.896. The second-order valence-corrected chi connectivity index (χ2v) is 3.70. The Kier molecular flexibility index (Phi) is 4.98. The number of rotatable bonds is 6. The van der Waals surface area contributed by atoms with E-state index in [9.17, 15) is 4.79 Å². The van der Waals surface area contributed by atoms with Crippen molar-refractivity contribution in [2.75, 3.05) is 13.1 Å². The fourth-order valence-electron chi connectivity index (χ4n) is 1.22. The van der Waals surface area contributed by atoms with Gasteiger partial charge in [-0.05, 0) is 20.3 Å². The molecule has 1 rings (SSSR count). The van der Waals surface area contributed by atoms with Gasteiger partial charge in [-0.1, -0.05) is 6.92 Å². The van der Waals surface area contributed by atoms with E-state index in [2.05, 4.69) is 15.6 Å². The lowest BCUT2D eigenvalue weighted by atomic mass is 10.4. The molecule has 0 aliphatic heterocycles. The summed E-state index contributed by atoms with van der Waals surface area (Å²) in [7, 11) is 0. The number of nitrogens with one attached hydrogen (secondary N) is 2. The summed E-state index contributed by atoms with van der Waals surface area (Å²) in [6.45, 7) is 7.29. The molecule has 1 aromatic heterocycles. The van der Waals surface area contributed by atoms with Crippen molar-refractivity contribution in [3.05, 3.63) is 17.3 Å². The van der Waals surface area contributed by atoms with E-state index < -0.39 is 0 Å². The van der Waals surface area contributed by atoms with Gasteiger partial charge in [-0.25, -0.2) is 4.98 Å². The van der Waals surface area contributed by atoms with Crippen LogP contribution in [0.2, 0.25) is 0 Å². The summed E-state index contributed by atoms with van der Waals surface area (Å²) < 4.78 is 5.37. The van der Waals surface area contributed by atoms with Gasteiger partial charge in [0.2, 0.25) is 11.8 Å². The maximum absolute atomic E-state index is 11.2. The van der Waals surface area contributed by atoms with Crippen LogP contribution in [0, 0.1) is 13.8 Å². The predicted octanol–water partition coefficient (Wildman–Crippen LogP) is 0.907. The highest BCUT2D eigenvalue weighted by Crippen LogP contribution is 2.07. The topological polar surface area (TPSA) is 67.2 Å². The van der Waals surface area contributed by atoms with E-state index in [1.807, 2.05) is 20.8 Å². The van der Waals surface area contributed by atoms with Crippen molar-refractivity contribution >= 4 is 5.91 Å². The molecular formula is C11H19N3O2. The van der Waals surface area contributed by atoms with Gasteiger partial charge in [0.25, 0.3) is 0 Å². The highest BCUT2D eigenvalue weighted by atomic mass is 16.4. The highest BCUT2D eigenvalue weighted by molar-refractivity contribution is 5.77. The van der Waals surface area contributed by atoms with Crippen LogP contribution in [0.25, 0.3) is 0 Å². The molecule has 0 bridgehead atoms. The van der Waals surface area contributed by atoms with Crippen LogP contribution in [-0.4, -0.2) is 24.0 Å². The molecular weight excluding hydrogens is 206 g/mol. The molecule has 0 aromatic carbocycles. The first-order valence-corrected chi connectivity index (χ1v) is 5.53. The Labute approximate surface area is 95.6 Å². The molecule has 1 heterocycles. The molecule has 0 spiro atoms. The Hall–Kier alpha value is -1.36. The third-order valence-electron chi connectivity index (χ3n) is 2.21. The number of hydrogen-bond donors (Lipinski definition) is 2. The van der Waals surface area contributed by atoms with Crippen molar-refractivity contribution in [2.45, 2.75) is 33.7 Å². The summed E-state index contributed by atoms with van der Waals surface area (Å²) in [5.74, 6) is 1.45. The average molecular weight is 225 g/mol. The van der Waals surface area contributed by atoms with E-state index in [1.165, 1.54) is 0 Å². The standard InChI is InChI=1S/C11H19N3O2/c1-4-5-13-10(15)6-12-7-11-14-8(2)9(3)16-11/h12H,4-7H2,1-3H3,(H,13,15). The molecule has 0 fully saturated rings. The zero-order chi connectivity index (χ0) is 12.0. The maximum atomic E-state index is 11.2. The van der Waals surface area contributed by atoms with Crippen molar-refractivity contribution in [3.8, 4) is 0 Å². The molecule has 0 aliphatic rings. The summed E-state index contributed by atoms with van der Waals surface area (Å²) >= 11 is 0. The zero-order valence-corrected chi connectivity index (χ0v) is 10.1. The molecule has 0 unspecified atom stereocenters. The van der Waals surface area contributed by atoms with E-state index in [0.717, 1.165) is 24.4 Å². The van der Waals surface area contributed by atoms with Crippen LogP contribution >= 0.6 is 0 Å². The second kappa shape index (κ2) is 6.27. The van der Waals surface area contributed by atoms with E-state index in [4.69, 9.17) is 4.42 Å². The van der Waals surface area contributed by atoms with Crippen molar-refractivity contribution < 1.29 is 9.21 Å². The predicted molar refractivity (Wildman–Crippen MR) is 61.0 cm³/mol. The molecule has 2 N–H and O–H groups in total. The number of amides is 1. The molecule has 1 aromatic rings. The summed E-state index contributed by atoms with van der Waals surface area (Å²) in [6, 6.07) is 0. The van der Waals surface area contributed by atoms with Crippen LogP contribution in [0.3, 0.4) is 0 Å². The largest absolute Gasteiger partial charge is 0.444 e. The summed E-state index contributed by atoms with van der Waals surface area (Å²) in [6.07, 6.45) is 0.948. The van der Waals surface area contributed by atoms with Crippen molar-refractivity contribution in [1.82, 2.24) is 15.6 Å². The van der Waals surface area contributed by atoms with Crippen LogP contribution in [0.5, 0.6) is 0 Å². The van der Waals surface area contributed by atoms with Gasteiger partial charge >= 0.3 is 0 Å². The van der Waals surface area contributed by atoms with Crippen molar-refractivity contribution in [1.29, 1.82) is 0 Å². The second-order valence-electron chi connectivity index (χ2n) is 3.70. The maximum Gasteiger partial charge on any atom is 0.233 e. The lowest BCUT2D eigenvalue weighted by molar-refractivity contribution is -0.120. The zero-order valence-electron chi connectivity index (χ0n) is 10.1. The lowest BCUT2D eigenvalue weighted by Gasteiger charge is -2.03. The number of aryl methyl sites for hydroxylation is 2. The van der Waals surface area contributed by atoms with Gasteiger partial charge in [-0.3, -0.25) is 10.1 Å². The first kappa shape index (κ1) is 12.7. The van der Waals surface area contributed by atoms with E-state index in [-0.39, 0.29) is 5.91 Å². The molecule has 5 heteroatoms. The average Bonchev–Trinajstić information content (AvgIpc) is 2.55. The molecule has 0 radical (unpaired) electrons. The number of oxazole rings is 1. The molecule has 16 heavy (non-hydrogen) atoms. The molecule has 0 atom stereocenters. The van der Waals surface area contributed by atoms with Gasteiger partial charge in [0.15, 0.2) is 0 Å². The van der Waals surface area contributed by atoms with Crippen LogP contribution < -0.4 is 10.6 Å². The molecule has 0 saturated carbocycles. The van der Waals surface area contributed by atoms with E-state index in [1.54, 1.807) is 0 Å². The van der Waals surface area contributed by atoms with Crippen molar-refractivity contribution in [3.63, 3.8) is 0 Å². The minimum Gasteiger partial charge on any atom is -0.444 e. The fourth-order valence-corrected chi connectivity index (χ4v) is 1.22. The van der Waals surface area contributed by atoms with Crippen LogP contribution in [0.1, 0.15) is 30.7 Å². The fraction of sp³-hybridized carbons (Fsp3) is 0.636. The Morgan fingerprint density at radius 1 is 1.44 bits per heavy atom. The van der Waals surface area contributed by atoms with Gasteiger partial charge < -0.3 is 9.73 Å². The Morgan fingerprint density at radius 3 is 2.75 bits per heavy atom. The minimum absolute atomic E-state index is 0.00171. The number of aromatic nitrogens is 1. The molecule has 90 valence electrons. The SMILES string of the molecule is CCCNC(=O)CNCc1nc(C)c(C)o1. The first-order valence-electron chi connectivity index (χ1n) is 5.53. The van der Waals surface area contributed by atoms with Crippen LogP contribution in [0.4, 0.5) is 0 Å². The highest BCUT2D eigenvalue weighted by Gasteiger charge is 2.05. The van der Waals surface area contributed by atoms with Gasteiger partial charge in [0.1, 0.15) is 5.76 Å². The number of hydrogen-bond acceptors (Lipinski definition) is 4. The van der Waals surface area contributed by atoms with E-state index >= 15 is 0 Å². The molecule has 0 aliphatic carbocycles. The van der Waals surface area contributed by atoms with Crippen LogP contribution in [-0.2, 0) is 11.3 Å². The van der Waals surface area contributed by atoms with E-state index in [0.29, 0.717) is 19.0 Å². The summed E-state index contributed by atoms with van der Waals surface area (Å²) in [4.78, 5) is 15.4. The number of carbonyl (C=O) groups is 1. The van der Waals surface area contributed by atoms with Crippen molar-refractivity contribution in [2.24, 2.45) is 0 Å². The van der Waals surface area contributed by atoms with Gasteiger partial charge in [-0.15, -0.1) is 0 Å². The normalized spacial score (nSPS) is 10.4. The third-order valence-corrected chi connectivity index (χ3v) is 2.21.